The second kappa shape index (κ2) is 16.3. The van der Waals surface area contributed by atoms with E-state index in [0.717, 1.165) is 12.8 Å². The molecule has 0 radical (unpaired) electrons. The Balaban J connectivity index is 1.22. The molecule has 0 N–H and O–H groups in total. The van der Waals surface area contributed by atoms with E-state index in [0.29, 0.717) is 11.8 Å². The molecule has 4 aliphatic rings. The molecule has 0 nitrogen and oxygen atoms in total. The molecule has 0 bridgehead atoms. The van der Waals surface area contributed by atoms with Gasteiger partial charge in [0.1, 0.15) is 0 Å². The van der Waals surface area contributed by atoms with Crippen LogP contribution in [0.15, 0.2) is 120 Å². The Kier molecular flexibility index (Phi) is 11.1. The summed E-state index contributed by atoms with van der Waals surface area (Å²) in [6, 6.07) is 41.5. The fourth-order valence-corrected chi connectivity index (χ4v) is 44.0. The summed E-state index contributed by atoms with van der Waals surface area (Å²) in [4.78, 5) is 0. The molecule has 10 rings (SSSR count). The summed E-state index contributed by atoms with van der Waals surface area (Å²) in [6.45, 7) is 9.73. The van der Waals surface area contributed by atoms with Crippen molar-refractivity contribution in [2.24, 2.45) is 11.8 Å². The van der Waals surface area contributed by atoms with Crippen molar-refractivity contribution in [2.75, 3.05) is 0 Å². The van der Waals surface area contributed by atoms with E-state index in [2.05, 4.69) is 148 Å². The Bertz CT molecular complexity index is 2500. The minimum atomic E-state index is -5.12. The van der Waals surface area contributed by atoms with Crippen LogP contribution in [-0.4, -0.2) is 5.92 Å². The summed E-state index contributed by atoms with van der Waals surface area (Å²) in [5.41, 5.74) is 16.7. The van der Waals surface area contributed by atoms with Gasteiger partial charge in [0, 0.05) is 0 Å². The summed E-state index contributed by atoms with van der Waals surface area (Å²) in [6.07, 6.45) is 20.9. The van der Waals surface area contributed by atoms with Crippen LogP contribution in [0.1, 0.15) is 118 Å². The second-order valence-electron chi connectivity index (χ2n) is 19.8. The fraction of sp³-hybridized carbons (Fsp3) is 0.357. The van der Waals surface area contributed by atoms with Gasteiger partial charge in [-0.3, -0.25) is 0 Å². The first-order valence-corrected chi connectivity index (χ1v) is 39.6. The first kappa shape index (κ1) is 41.0. The van der Waals surface area contributed by atoms with Crippen molar-refractivity contribution >= 4 is 56.6 Å². The molecule has 4 heteroatoms. The third-order valence-electron chi connectivity index (χ3n) is 15.6. The van der Waals surface area contributed by atoms with Crippen LogP contribution in [0.5, 0.6) is 0 Å². The zero-order chi connectivity index (χ0) is 41.2. The van der Waals surface area contributed by atoms with E-state index in [-0.39, 0.29) is 7.25 Å². The summed E-state index contributed by atoms with van der Waals surface area (Å²) in [5, 5.41) is 5.21. The Hall–Kier alpha value is -3.00. The van der Waals surface area contributed by atoms with E-state index in [1.807, 2.05) is 0 Å². The van der Waals surface area contributed by atoms with Crippen molar-refractivity contribution < 1.29 is 15.6 Å². The third kappa shape index (κ3) is 7.03. The summed E-state index contributed by atoms with van der Waals surface area (Å²) in [7, 11) is 18.5. The maximum absolute atomic E-state index is 9.27. The van der Waals surface area contributed by atoms with Gasteiger partial charge < -0.3 is 0 Å². The number of allylic oxidation sites excluding steroid dienone is 2. The van der Waals surface area contributed by atoms with Crippen LogP contribution in [0.2, 0.25) is 13.1 Å². The van der Waals surface area contributed by atoms with E-state index < -0.39 is 21.5 Å². The molecule has 0 spiro atoms. The Morgan fingerprint density at radius 2 is 0.900 bits per heavy atom. The first-order chi connectivity index (χ1) is 29.1. The van der Waals surface area contributed by atoms with Crippen LogP contribution >= 0.6 is 17.0 Å². The van der Waals surface area contributed by atoms with E-state index in [9.17, 15) is 17.0 Å². The average Bonchev–Trinajstić information content (AvgIpc) is 3.82. The SMILES string of the molecule is Cc1cc(-c2cccc3ccccc23)c2c(c1)[CH]([Zr]([Cl])([Cl])([CH]1C(CC3CCCCC3)=Cc3c(-c4cccc5ccccc45)cc(C)cc31)[SiH](C)C)C(CC1CCCCC1)=C2. The third-order valence-corrected chi connectivity index (χ3v) is 67.4. The van der Waals surface area contributed by atoms with Crippen LogP contribution in [0.4, 0.5) is 0 Å². The number of benzene rings is 6. The van der Waals surface area contributed by atoms with Crippen molar-refractivity contribution in [1.82, 2.24) is 0 Å². The maximum atomic E-state index is 9.27. The van der Waals surface area contributed by atoms with Gasteiger partial charge in [-0.15, -0.1) is 0 Å². The van der Waals surface area contributed by atoms with Gasteiger partial charge in [-0.05, 0) is 0 Å². The molecular formula is C56H61Cl2SiZr. The quantitative estimate of drug-likeness (QED) is 0.127. The number of hydrogen-bond donors (Lipinski definition) is 0. The number of aryl methyl sites for hydroxylation is 2. The van der Waals surface area contributed by atoms with Crippen LogP contribution in [0, 0.1) is 25.7 Å². The van der Waals surface area contributed by atoms with Crippen LogP contribution in [0.3, 0.4) is 0 Å². The zero-order valence-electron chi connectivity index (χ0n) is 36.2. The van der Waals surface area contributed by atoms with Crippen LogP contribution in [0.25, 0.3) is 56.0 Å². The molecule has 0 heterocycles. The Labute approximate surface area is 368 Å². The molecule has 0 amide bonds. The van der Waals surface area contributed by atoms with Gasteiger partial charge in [-0.1, -0.05) is 0 Å². The van der Waals surface area contributed by atoms with Gasteiger partial charge in [0.25, 0.3) is 0 Å². The van der Waals surface area contributed by atoms with Crippen molar-refractivity contribution in [3.8, 4) is 22.3 Å². The van der Waals surface area contributed by atoms with Gasteiger partial charge >= 0.3 is 371 Å². The van der Waals surface area contributed by atoms with Gasteiger partial charge in [-0.2, -0.15) is 0 Å². The number of fused-ring (bicyclic) bond motifs is 4. The Morgan fingerprint density at radius 1 is 0.500 bits per heavy atom. The first-order valence-electron chi connectivity index (χ1n) is 23.3. The van der Waals surface area contributed by atoms with Crippen molar-refractivity contribution in [2.45, 2.75) is 111 Å². The standard InChI is InChI=1S/2C27H27.C2H7Si.2ClH.Zr/c2*1-19-14-23-17-21(16-20-8-3-2-4-9-20)18-26(23)27(15-19)25-13-7-11-22-10-5-6-12-24(22)25;1-3-2;;;/h2*5-7,10-15,17-18,20H,2-4,8-9,16H2,1H3;3H,1-2H3;2*1H;/q;;;;;+2/p-2. The van der Waals surface area contributed by atoms with E-state index >= 15 is 0 Å². The molecule has 4 aliphatic carbocycles. The molecule has 0 aliphatic heterocycles. The molecule has 6 aromatic carbocycles. The van der Waals surface area contributed by atoms with Crippen LogP contribution in [-0.2, 0) is 15.6 Å². The predicted molar refractivity (Wildman–Crippen MR) is 263 cm³/mol. The van der Waals surface area contributed by atoms with Crippen molar-refractivity contribution in [1.29, 1.82) is 0 Å². The van der Waals surface area contributed by atoms with E-state index in [1.54, 1.807) is 11.1 Å². The van der Waals surface area contributed by atoms with Gasteiger partial charge in [0.05, 0.1) is 0 Å². The topological polar surface area (TPSA) is 0 Å². The summed E-state index contributed by atoms with van der Waals surface area (Å²) < 4.78 is 0.193. The molecular weight excluding hydrogens is 863 g/mol. The molecule has 307 valence electrons. The van der Waals surface area contributed by atoms with E-state index in [4.69, 9.17) is 0 Å². The molecule has 60 heavy (non-hydrogen) atoms. The minimum absolute atomic E-state index is 0.0965. The Morgan fingerprint density at radius 3 is 1.32 bits per heavy atom. The second-order valence-corrected chi connectivity index (χ2v) is 62.3. The number of halogens is 2. The summed E-state index contributed by atoms with van der Waals surface area (Å²) in [5.74, 6) is -0.375. The zero-order valence-corrected chi connectivity index (χ0v) is 41.3. The van der Waals surface area contributed by atoms with Crippen molar-refractivity contribution in [3.63, 3.8) is 0 Å². The monoisotopic (exact) mass is 921 g/mol. The molecule has 2 atom stereocenters. The number of hydrogen-bond acceptors (Lipinski definition) is 0. The fourth-order valence-electron chi connectivity index (χ4n) is 12.7. The van der Waals surface area contributed by atoms with Gasteiger partial charge in [0.2, 0.25) is 0 Å². The van der Waals surface area contributed by atoms with Crippen molar-refractivity contribution in [3.05, 3.63) is 154 Å². The normalized spacial score (nSPS) is 20.6. The molecule has 0 saturated heterocycles. The van der Waals surface area contributed by atoms with E-state index in [1.165, 1.54) is 141 Å². The molecule has 2 fully saturated rings. The molecule has 0 aromatic heterocycles. The molecule has 2 unspecified atom stereocenters. The molecule has 6 aromatic rings. The van der Waals surface area contributed by atoms with Gasteiger partial charge in [-0.25, -0.2) is 0 Å². The predicted octanol–water partition coefficient (Wildman–Crippen LogP) is 17.4. The average molecular weight is 924 g/mol. The van der Waals surface area contributed by atoms with Gasteiger partial charge in [0.15, 0.2) is 0 Å². The number of rotatable bonds is 9. The summed E-state index contributed by atoms with van der Waals surface area (Å²) >= 11 is -5.12. The molecule has 2 saturated carbocycles. The van der Waals surface area contributed by atoms with Crippen LogP contribution < -0.4 is 0 Å².